The zero-order valence-corrected chi connectivity index (χ0v) is 12.2. The van der Waals surface area contributed by atoms with Gasteiger partial charge in [0.1, 0.15) is 5.75 Å². The lowest BCUT2D eigenvalue weighted by Crippen LogP contribution is -2.41. The topological polar surface area (TPSA) is 35.5 Å². The molecule has 0 N–H and O–H groups in total. The van der Waals surface area contributed by atoms with Gasteiger partial charge >= 0.3 is 18.1 Å². The highest BCUT2D eigenvalue weighted by Gasteiger charge is 2.58. The molecule has 0 aliphatic heterocycles. The summed E-state index contributed by atoms with van der Waals surface area (Å²) < 4.78 is 70.5. The number of benzene rings is 1. The van der Waals surface area contributed by atoms with Crippen LogP contribution < -0.4 is 4.74 Å². The predicted octanol–water partition coefficient (Wildman–Crippen LogP) is 3.74. The van der Waals surface area contributed by atoms with E-state index in [9.17, 15) is 26.7 Å². The van der Waals surface area contributed by atoms with Crippen molar-refractivity contribution in [3.05, 3.63) is 28.2 Å². The van der Waals surface area contributed by atoms with Crippen LogP contribution in [-0.4, -0.2) is 31.8 Å². The molecule has 0 atom stereocenters. The van der Waals surface area contributed by atoms with Gasteiger partial charge in [-0.25, -0.2) is 0 Å². The third-order valence-electron chi connectivity index (χ3n) is 2.40. The van der Waals surface area contributed by atoms with Crippen LogP contribution in [0.3, 0.4) is 0 Å². The van der Waals surface area contributed by atoms with Gasteiger partial charge in [-0.2, -0.15) is 22.0 Å². The van der Waals surface area contributed by atoms with E-state index in [4.69, 9.17) is 0 Å². The average Bonchev–Trinajstić information content (AvgIpc) is 2.36. The molecule has 1 aromatic rings. The minimum atomic E-state index is -5.68. The summed E-state index contributed by atoms with van der Waals surface area (Å²) in [7, 11) is 1.20. The first-order valence-corrected chi connectivity index (χ1v) is 6.28. The highest BCUT2D eigenvalue weighted by molar-refractivity contribution is 9.10. The molecule has 3 nitrogen and oxygen atoms in total. The van der Waals surface area contributed by atoms with Gasteiger partial charge in [0.25, 0.3) is 0 Å². The van der Waals surface area contributed by atoms with Gasteiger partial charge in [0.2, 0.25) is 0 Å². The van der Waals surface area contributed by atoms with Crippen LogP contribution in [0.15, 0.2) is 22.7 Å². The SMILES string of the molecule is COC(=O)Cc1ccc(OCC(F)(F)C(F)(F)F)c(Br)c1. The number of ether oxygens (including phenoxy) is 2. The van der Waals surface area contributed by atoms with Crippen LogP contribution in [0, 0.1) is 0 Å². The van der Waals surface area contributed by atoms with Gasteiger partial charge in [-0.05, 0) is 33.6 Å². The standard InChI is InChI=1S/C12H10BrF5O3/c1-20-10(19)5-7-2-3-9(8(13)4-7)21-6-11(14,15)12(16,17)18/h2-4H,5-6H2,1H3. The normalized spacial score (nSPS) is 12.1. The van der Waals surface area contributed by atoms with E-state index in [-0.39, 0.29) is 16.6 Å². The van der Waals surface area contributed by atoms with Crippen LogP contribution >= 0.6 is 15.9 Å². The zero-order valence-electron chi connectivity index (χ0n) is 10.6. The van der Waals surface area contributed by atoms with Crippen LogP contribution in [0.4, 0.5) is 22.0 Å². The molecule has 0 fully saturated rings. The second-order valence-electron chi connectivity index (χ2n) is 4.01. The Bertz CT molecular complexity index is 516. The fourth-order valence-corrected chi connectivity index (χ4v) is 1.80. The Morgan fingerprint density at radius 2 is 1.86 bits per heavy atom. The largest absolute Gasteiger partial charge is 0.486 e. The smallest absolute Gasteiger partial charge is 0.456 e. The molecule has 0 radical (unpaired) electrons. The van der Waals surface area contributed by atoms with E-state index in [1.165, 1.54) is 25.3 Å². The van der Waals surface area contributed by atoms with Gasteiger partial charge < -0.3 is 9.47 Å². The summed E-state index contributed by atoms with van der Waals surface area (Å²) in [5.74, 6) is -5.65. The maximum atomic E-state index is 12.7. The molecule has 9 heteroatoms. The van der Waals surface area contributed by atoms with Gasteiger partial charge in [0.15, 0.2) is 6.61 Å². The number of carbonyl (C=O) groups excluding carboxylic acids is 1. The summed E-state index contributed by atoms with van der Waals surface area (Å²) in [5, 5.41) is 0. The quantitative estimate of drug-likeness (QED) is 0.580. The zero-order chi connectivity index (χ0) is 16.3. The molecule has 118 valence electrons. The molecule has 0 amide bonds. The van der Waals surface area contributed by atoms with E-state index in [0.717, 1.165) is 0 Å². The second-order valence-corrected chi connectivity index (χ2v) is 4.86. The minimum Gasteiger partial charge on any atom is -0.486 e. The van der Waals surface area contributed by atoms with Crippen molar-refractivity contribution in [1.29, 1.82) is 0 Å². The number of hydrogen-bond donors (Lipinski definition) is 0. The number of rotatable bonds is 5. The molecule has 0 saturated heterocycles. The maximum absolute atomic E-state index is 12.7. The van der Waals surface area contributed by atoms with E-state index in [1.54, 1.807) is 0 Å². The fourth-order valence-electron chi connectivity index (χ4n) is 1.26. The predicted molar refractivity (Wildman–Crippen MR) is 66.4 cm³/mol. The van der Waals surface area contributed by atoms with Crippen LogP contribution in [0.2, 0.25) is 0 Å². The molecule has 0 saturated carbocycles. The number of methoxy groups -OCH3 is 1. The molecule has 0 spiro atoms. The maximum Gasteiger partial charge on any atom is 0.456 e. The molecule has 21 heavy (non-hydrogen) atoms. The lowest BCUT2D eigenvalue weighted by atomic mass is 10.1. The molecule has 0 aliphatic rings. The molecule has 0 aliphatic carbocycles. The van der Waals surface area contributed by atoms with Gasteiger partial charge in [-0.3, -0.25) is 4.79 Å². The monoisotopic (exact) mass is 376 g/mol. The summed E-state index contributed by atoms with van der Waals surface area (Å²) in [6.07, 6.45) is -5.74. The number of hydrogen-bond acceptors (Lipinski definition) is 3. The third kappa shape index (κ3) is 4.83. The molecule has 1 aromatic carbocycles. The summed E-state index contributed by atoms with van der Waals surface area (Å²) in [4.78, 5) is 11.1. The lowest BCUT2D eigenvalue weighted by Gasteiger charge is -2.20. The van der Waals surface area contributed by atoms with Crippen molar-refractivity contribution in [2.45, 2.75) is 18.5 Å². The Kier molecular flexibility index (Phi) is 5.54. The minimum absolute atomic E-state index is 0.0614. The van der Waals surface area contributed by atoms with E-state index < -0.39 is 24.7 Å². The molecule has 0 bridgehead atoms. The van der Waals surface area contributed by atoms with Crippen molar-refractivity contribution < 1.29 is 36.2 Å². The Balaban J connectivity index is 2.76. The highest BCUT2D eigenvalue weighted by atomic mass is 79.9. The summed E-state index contributed by atoms with van der Waals surface area (Å²) in [6, 6.07) is 3.93. The van der Waals surface area contributed by atoms with Gasteiger partial charge in [0.05, 0.1) is 18.0 Å². The van der Waals surface area contributed by atoms with Crippen molar-refractivity contribution >= 4 is 21.9 Å². The van der Waals surface area contributed by atoms with Gasteiger partial charge in [-0.15, -0.1) is 0 Å². The molecule has 0 unspecified atom stereocenters. The Labute approximate surface area is 125 Å². The molecule has 0 aromatic heterocycles. The van der Waals surface area contributed by atoms with Crippen molar-refractivity contribution in [3.8, 4) is 5.75 Å². The Morgan fingerprint density at radius 3 is 2.33 bits per heavy atom. The molecule has 0 heterocycles. The van der Waals surface area contributed by atoms with E-state index in [1.807, 2.05) is 0 Å². The van der Waals surface area contributed by atoms with Crippen molar-refractivity contribution in [3.63, 3.8) is 0 Å². The fraction of sp³-hybridized carbons (Fsp3) is 0.417. The first kappa shape index (κ1) is 17.7. The highest BCUT2D eigenvalue weighted by Crippen LogP contribution is 2.36. The first-order chi connectivity index (χ1) is 9.56. The van der Waals surface area contributed by atoms with Crippen molar-refractivity contribution in [2.75, 3.05) is 13.7 Å². The second kappa shape index (κ2) is 6.59. The van der Waals surface area contributed by atoms with Crippen LogP contribution in [0.25, 0.3) is 0 Å². The summed E-state index contributed by atoms with van der Waals surface area (Å²) in [5.41, 5.74) is 0.489. The van der Waals surface area contributed by atoms with E-state index >= 15 is 0 Å². The lowest BCUT2D eigenvalue weighted by molar-refractivity contribution is -0.290. The van der Waals surface area contributed by atoms with E-state index in [0.29, 0.717) is 5.56 Å². The Morgan fingerprint density at radius 1 is 1.24 bits per heavy atom. The van der Waals surface area contributed by atoms with Crippen molar-refractivity contribution in [2.24, 2.45) is 0 Å². The Hall–Kier alpha value is -1.38. The van der Waals surface area contributed by atoms with Crippen LogP contribution in [-0.2, 0) is 16.0 Å². The van der Waals surface area contributed by atoms with Crippen LogP contribution in [0.5, 0.6) is 5.75 Å². The average molecular weight is 377 g/mol. The number of halogens is 6. The van der Waals surface area contributed by atoms with Gasteiger partial charge in [0, 0.05) is 0 Å². The number of esters is 1. The molecule has 1 rings (SSSR count). The van der Waals surface area contributed by atoms with E-state index in [2.05, 4.69) is 25.4 Å². The molecular weight excluding hydrogens is 367 g/mol. The van der Waals surface area contributed by atoms with Crippen molar-refractivity contribution in [1.82, 2.24) is 0 Å². The number of carbonyl (C=O) groups is 1. The first-order valence-electron chi connectivity index (χ1n) is 5.49. The third-order valence-corrected chi connectivity index (χ3v) is 3.02. The number of alkyl halides is 5. The van der Waals surface area contributed by atoms with Gasteiger partial charge in [-0.1, -0.05) is 6.07 Å². The summed E-state index contributed by atoms with van der Waals surface area (Å²) in [6.45, 7) is -1.83. The summed E-state index contributed by atoms with van der Waals surface area (Å²) >= 11 is 2.97. The van der Waals surface area contributed by atoms with Crippen LogP contribution in [0.1, 0.15) is 5.56 Å². The molecular formula is C12H10BrF5O3.